The number of allylic oxidation sites excluding steroid dienone is 4. The van der Waals surface area contributed by atoms with Gasteiger partial charge in [0, 0.05) is 19.4 Å². The van der Waals surface area contributed by atoms with Gasteiger partial charge in [-0.3, -0.25) is 18.6 Å². The van der Waals surface area contributed by atoms with Crippen molar-refractivity contribution < 1.29 is 37.6 Å². The molecule has 10 heteroatoms. The van der Waals surface area contributed by atoms with Crippen LogP contribution in [-0.2, 0) is 32.7 Å². The Labute approximate surface area is 293 Å². The minimum absolute atomic E-state index is 0.0522. The number of phosphoric ester groups is 1. The zero-order valence-corrected chi connectivity index (χ0v) is 31.6. The van der Waals surface area contributed by atoms with E-state index in [1.165, 1.54) is 77.0 Å². The summed E-state index contributed by atoms with van der Waals surface area (Å²) in [5, 5.41) is 0. The number of nitrogens with two attached hydrogens (primary N) is 1. The van der Waals surface area contributed by atoms with Gasteiger partial charge in [-0.15, -0.1) is 0 Å². The molecule has 0 aromatic heterocycles. The molecule has 0 saturated carbocycles. The Kier molecular flexibility index (Phi) is 34.2. The van der Waals surface area contributed by atoms with Crippen LogP contribution >= 0.6 is 7.82 Å². The molecular weight excluding hydrogens is 629 g/mol. The van der Waals surface area contributed by atoms with Crippen molar-refractivity contribution in [2.75, 3.05) is 26.4 Å². The van der Waals surface area contributed by atoms with E-state index in [1.807, 2.05) is 0 Å². The van der Waals surface area contributed by atoms with E-state index in [4.69, 9.17) is 24.3 Å². The van der Waals surface area contributed by atoms with E-state index >= 15 is 0 Å². The van der Waals surface area contributed by atoms with E-state index in [0.717, 1.165) is 64.2 Å². The molecule has 2 atom stereocenters. The van der Waals surface area contributed by atoms with Gasteiger partial charge in [-0.05, 0) is 38.5 Å². The van der Waals surface area contributed by atoms with Crippen molar-refractivity contribution >= 4 is 19.8 Å². The molecule has 0 bridgehead atoms. The third kappa shape index (κ3) is 34.4. The van der Waals surface area contributed by atoms with Crippen LogP contribution in [0.25, 0.3) is 0 Å². The lowest BCUT2D eigenvalue weighted by Gasteiger charge is -2.19. The highest BCUT2D eigenvalue weighted by Crippen LogP contribution is 2.43. The maximum Gasteiger partial charge on any atom is 0.472 e. The van der Waals surface area contributed by atoms with Gasteiger partial charge in [0.2, 0.25) is 0 Å². The Hall–Kier alpha value is -1.51. The van der Waals surface area contributed by atoms with Crippen LogP contribution < -0.4 is 5.73 Å². The van der Waals surface area contributed by atoms with Crippen molar-refractivity contribution in [3.8, 4) is 0 Å². The predicted octanol–water partition coefficient (Wildman–Crippen LogP) is 10.4. The second-order valence-corrected chi connectivity index (χ2v) is 14.3. The van der Waals surface area contributed by atoms with Gasteiger partial charge in [0.15, 0.2) is 6.10 Å². The van der Waals surface area contributed by atoms with Crippen LogP contribution in [0.1, 0.15) is 174 Å². The lowest BCUT2D eigenvalue weighted by atomic mass is 10.0. The summed E-state index contributed by atoms with van der Waals surface area (Å²) in [6.07, 6.45) is 34.9. The topological polar surface area (TPSA) is 134 Å². The highest BCUT2D eigenvalue weighted by Gasteiger charge is 2.25. The van der Waals surface area contributed by atoms with E-state index in [1.54, 1.807) is 0 Å². The standard InChI is InChI=1S/C38H72NO8P/c1-3-5-7-9-11-13-15-17-19-21-23-25-27-29-31-38(41)47-36(35-46-48(42,43)45-33-32-39)34-44-37(40)30-28-26-24-22-20-18-16-14-12-10-8-6-4-2/h9,11,15,17,36H,3-8,10,12-14,16,18-35,39H2,1-2H3,(H,42,43)/b11-9-,17-15-. The van der Waals surface area contributed by atoms with Gasteiger partial charge in [0.25, 0.3) is 0 Å². The molecule has 9 nitrogen and oxygen atoms in total. The Morgan fingerprint density at radius 1 is 0.625 bits per heavy atom. The largest absolute Gasteiger partial charge is 0.472 e. The Morgan fingerprint density at radius 2 is 1.10 bits per heavy atom. The Bertz CT molecular complexity index is 851. The monoisotopic (exact) mass is 701 g/mol. The second-order valence-electron chi connectivity index (χ2n) is 12.8. The molecule has 48 heavy (non-hydrogen) atoms. The Balaban J connectivity index is 4.23. The second kappa shape index (κ2) is 35.3. The first-order valence-corrected chi connectivity index (χ1v) is 20.8. The van der Waals surface area contributed by atoms with E-state index in [0.29, 0.717) is 6.42 Å². The zero-order valence-electron chi connectivity index (χ0n) is 30.7. The van der Waals surface area contributed by atoms with Crippen LogP contribution in [-0.4, -0.2) is 49.3 Å². The summed E-state index contributed by atoms with van der Waals surface area (Å²) in [5.41, 5.74) is 5.33. The molecule has 0 aromatic rings. The predicted molar refractivity (Wildman–Crippen MR) is 197 cm³/mol. The third-order valence-corrected chi connectivity index (χ3v) is 9.07. The van der Waals surface area contributed by atoms with E-state index in [-0.39, 0.29) is 38.6 Å². The van der Waals surface area contributed by atoms with Crippen LogP contribution in [0.4, 0.5) is 0 Å². The van der Waals surface area contributed by atoms with Crippen LogP contribution in [0.2, 0.25) is 0 Å². The summed E-state index contributed by atoms with van der Waals surface area (Å²) in [6, 6.07) is 0. The molecular formula is C38H72NO8P. The van der Waals surface area contributed by atoms with Crippen molar-refractivity contribution in [2.24, 2.45) is 5.73 Å². The van der Waals surface area contributed by atoms with Crippen LogP contribution in [0, 0.1) is 0 Å². The molecule has 0 aliphatic heterocycles. The van der Waals surface area contributed by atoms with E-state index in [2.05, 4.69) is 38.2 Å². The number of phosphoric acid groups is 1. The minimum atomic E-state index is -4.37. The number of carbonyl (C=O) groups is 2. The van der Waals surface area contributed by atoms with Crippen LogP contribution in [0.3, 0.4) is 0 Å². The highest BCUT2D eigenvalue weighted by atomic mass is 31.2. The van der Waals surface area contributed by atoms with Crippen molar-refractivity contribution in [3.05, 3.63) is 24.3 Å². The molecule has 0 spiro atoms. The number of rotatable bonds is 36. The first-order valence-electron chi connectivity index (χ1n) is 19.3. The summed E-state index contributed by atoms with van der Waals surface area (Å²) in [4.78, 5) is 34.7. The summed E-state index contributed by atoms with van der Waals surface area (Å²) in [5.74, 6) is -0.842. The van der Waals surface area contributed by atoms with Gasteiger partial charge in [0.05, 0.1) is 13.2 Å². The van der Waals surface area contributed by atoms with Gasteiger partial charge in [-0.2, -0.15) is 0 Å². The molecule has 0 aliphatic rings. The summed E-state index contributed by atoms with van der Waals surface area (Å²) in [6.45, 7) is 3.67. The summed E-state index contributed by atoms with van der Waals surface area (Å²) < 4.78 is 32.6. The fourth-order valence-electron chi connectivity index (χ4n) is 5.18. The molecule has 0 saturated heterocycles. The molecule has 0 aromatic carbocycles. The van der Waals surface area contributed by atoms with Crippen molar-refractivity contribution in [1.29, 1.82) is 0 Å². The quantitative estimate of drug-likeness (QED) is 0.0283. The summed E-state index contributed by atoms with van der Waals surface area (Å²) in [7, 11) is -4.37. The smallest absolute Gasteiger partial charge is 0.462 e. The van der Waals surface area contributed by atoms with Crippen molar-refractivity contribution in [3.63, 3.8) is 0 Å². The molecule has 2 unspecified atom stereocenters. The number of hydrogen-bond acceptors (Lipinski definition) is 8. The molecule has 282 valence electrons. The maximum absolute atomic E-state index is 12.5. The molecule has 0 amide bonds. The van der Waals surface area contributed by atoms with Crippen LogP contribution in [0.15, 0.2) is 24.3 Å². The van der Waals surface area contributed by atoms with Gasteiger partial charge in [-0.1, -0.05) is 147 Å². The summed E-state index contributed by atoms with van der Waals surface area (Å²) >= 11 is 0. The molecule has 0 aliphatic carbocycles. The van der Waals surface area contributed by atoms with Crippen molar-refractivity contribution in [1.82, 2.24) is 0 Å². The van der Waals surface area contributed by atoms with Crippen molar-refractivity contribution in [2.45, 2.75) is 180 Å². The Morgan fingerprint density at radius 3 is 1.65 bits per heavy atom. The molecule has 0 rings (SSSR count). The fourth-order valence-corrected chi connectivity index (χ4v) is 5.94. The fraction of sp³-hybridized carbons (Fsp3) is 0.842. The van der Waals surface area contributed by atoms with E-state index < -0.39 is 26.5 Å². The average molecular weight is 702 g/mol. The van der Waals surface area contributed by atoms with Gasteiger partial charge in [-0.25, -0.2) is 4.57 Å². The third-order valence-electron chi connectivity index (χ3n) is 8.09. The number of esters is 2. The first-order chi connectivity index (χ1) is 23.3. The lowest BCUT2D eigenvalue weighted by Crippen LogP contribution is -2.29. The maximum atomic E-state index is 12.5. The molecule has 3 N–H and O–H groups in total. The highest BCUT2D eigenvalue weighted by molar-refractivity contribution is 7.47. The van der Waals surface area contributed by atoms with Crippen LogP contribution in [0.5, 0.6) is 0 Å². The number of carbonyl (C=O) groups excluding carboxylic acids is 2. The minimum Gasteiger partial charge on any atom is -0.462 e. The van der Waals surface area contributed by atoms with Gasteiger partial charge >= 0.3 is 19.8 Å². The van der Waals surface area contributed by atoms with E-state index in [9.17, 15) is 19.0 Å². The molecule has 0 fully saturated rings. The van der Waals surface area contributed by atoms with Gasteiger partial charge < -0.3 is 20.1 Å². The average Bonchev–Trinajstić information content (AvgIpc) is 3.07. The zero-order chi connectivity index (χ0) is 35.4. The van der Waals surface area contributed by atoms with Gasteiger partial charge in [0.1, 0.15) is 6.61 Å². The normalized spacial score (nSPS) is 13.7. The molecule has 0 radical (unpaired) electrons. The number of ether oxygens (including phenoxy) is 2. The number of hydrogen-bond donors (Lipinski definition) is 2. The molecule has 0 heterocycles. The number of unbranched alkanes of at least 4 members (excludes halogenated alkanes) is 19. The SMILES string of the molecule is CCCC/C=C\C/C=C\CCCCCCCC(=O)OC(COC(=O)CCCCCCCCCCCCCCC)COP(=O)(O)OCCN. The first kappa shape index (κ1) is 46.5. The lowest BCUT2D eigenvalue weighted by molar-refractivity contribution is -0.161.